The maximum atomic E-state index is 12.9. The van der Waals surface area contributed by atoms with Crippen molar-refractivity contribution < 1.29 is 14.2 Å². The molecule has 0 heterocycles. The average Bonchev–Trinajstić information content (AvgIpc) is 2.33. The van der Waals surface area contributed by atoms with E-state index in [2.05, 4.69) is 0 Å². The van der Waals surface area contributed by atoms with E-state index in [1.807, 2.05) is 13.0 Å². The maximum Gasteiger partial charge on any atom is 0.124 e. The number of ether oxygens (including phenoxy) is 1. The third kappa shape index (κ3) is 5.52. The molecule has 1 aromatic rings. The summed E-state index contributed by atoms with van der Waals surface area (Å²) in [6, 6.07) is 6.43. The first-order valence-corrected chi connectivity index (χ1v) is 6.67. The predicted octanol–water partition coefficient (Wildman–Crippen LogP) is 2.95. The van der Waals surface area contributed by atoms with Gasteiger partial charge in [0.25, 0.3) is 0 Å². The van der Waals surface area contributed by atoms with Gasteiger partial charge in [-0.1, -0.05) is 13.0 Å². The van der Waals surface area contributed by atoms with Gasteiger partial charge in [0.1, 0.15) is 5.82 Å². The lowest BCUT2D eigenvalue weighted by Crippen LogP contribution is -2.21. The van der Waals surface area contributed by atoms with Gasteiger partial charge in [-0.15, -0.1) is 11.8 Å². The number of aliphatic hydroxyl groups is 1. The van der Waals surface area contributed by atoms with Gasteiger partial charge >= 0.3 is 0 Å². The fraction of sp³-hybridized carbons (Fsp3) is 0.538. The molecule has 1 rings (SSSR count). The highest BCUT2D eigenvalue weighted by molar-refractivity contribution is 7.99. The number of rotatable bonds is 7. The summed E-state index contributed by atoms with van der Waals surface area (Å²) in [5, 5.41) is 9.90. The van der Waals surface area contributed by atoms with Gasteiger partial charge in [-0.3, -0.25) is 0 Å². The van der Waals surface area contributed by atoms with Crippen molar-refractivity contribution in [1.82, 2.24) is 0 Å². The lowest BCUT2D eigenvalue weighted by molar-refractivity contribution is 0.105. The van der Waals surface area contributed by atoms with Crippen LogP contribution in [0.3, 0.4) is 0 Å². The molecule has 0 amide bonds. The fourth-order valence-electron chi connectivity index (χ4n) is 1.40. The minimum Gasteiger partial charge on any atom is -0.392 e. The lowest BCUT2D eigenvalue weighted by atomic mass is 10.0. The third-order valence-corrected chi connectivity index (χ3v) is 3.75. The molecule has 0 aliphatic rings. The van der Waals surface area contributed by atoms with E-state index < -0.39 is 6.10 Å². The summed E-state index contributed by atoms with van der Waals surface area (Å²) >= 11 is 1.47. The van der Waals surface area contributed by atoms with E-state index in [4.69, 9.17) is 4.74 Å². The van der Waals surface area contributed by atoms with E-state index in [1.54, 1.807) is 13.2 Å². The molecule has 0 aliphatic heterocycles. The van der Waals surface area contributed by atoms with Crippen LogP contribution in [0.4, 0.5) is 4.39 Å². The topological polar surface area (TPSA) is 29.5 Å². The van der Waals surface area contributed by atoms with E-state index in [0.29, 0.717) is 12.4 Å². The summed E-state index contributed by atoms with van der Waals surface area (Å²) < 4.78 is 17.9. The molecule has 4 heteroatoms. The van der Waals surface area contributed by atoms with Crippen LogP contribution in [0, 0.1) is 11.7 Å². The quantitative estimate of drug-likeness (QED) is 0.762. The Bertz CT molecular complexity index is 333. The van der Waals surface area contributed by atoms with E-state index in [1.165, 1.54) is 23.9 Å². The number of aliphatic hydroxyl groups excluding tert-OH is 1. The van der Waals surface area contributed by atoms with Crippen molar-refractivity contribution in [3.05, 3.63) is 30.1 Å². The zero-order chi connectivity index (χ0) is 12.7. The van der Waals surface area contributed by atoms with Crippen LogP contribution in [0.1, 0.15) is 13.3 Å². The largest absolute Gasteiger partial charge is 0.392 e. The van der Waals surface area contributed by atoms with Gasteiger partial charge < -0.3 is 9.84 Å². The Balaban J connectivity index is 2.34. The van der Waals surface area contributed by atoms with Crippen molar-refractivity contribution in [3.8, 4) is 0 Å². The number of benzene rings is 1. The summed E-state index contributed by atoms with van der Waals surface area (Å²) in [4.78, 5) is 0.850. The predicted molar refractivity (Wildman–Crippen MR) is 68.8 cm³/mol. The Hall–Kier alpha value is -0.580. The van der Waals surface area contributed by atoms with Crippen molar-refractivity contribution in [2.24, 2.45) is 5.92 Å². The van der Waals surface area contributed by atoms with Crippen LogP contribution in [0.2, 0.25) is 0 Å². The van der Waals surface area contributed by atoms with Crippen LogP contribution in [0.25, 0.3) is 0 Å². The average molecular weight is 258 g/mol. The van der Waals surface area contributed by atoms with Crippen LogP contribution in [0.5, 0.6) is 0 Å². The molecule has 0 fully saturated rings. The molecule has 0 radical (unpaired) electrons. The molecule has 0 aromatic heterocycles. The monoisotopic (exact) mass is 258 g/mol. The molecule has 0 spiro atoms. The van der Waals surface area contributed by atoms with E-state index in [0.717, 1.165) is 11.3 Å². The Morgan fingerprint density at radius 2 is 2.24 bits per heavy atom. The summed E-state index contributed by atoms with van der Waals surface area (Å²) in [6.07, 6.45) is 0.444. The first-order valence-electron chi connectivity index (χ1n) is 5.69. The fourth-order valence-corrected chi connectivity index (χ4v) is 2.46. The number of methoxy groups -OCH3 is 1. The number of hydrogen-bond donors (Lipinski definition) is 1. The van der Waals surface area contributed by atoms with Gasteiger partial charge in [0.15, 0.2) is 0 Å². The zero-order valence-electron chi connectivity index (χ0n) is 10.2. The molecule has 1 aromatic carbocycles. The second kappa shape index (κ2) is 7.69. The van der Waals surface area contributed by atoms with Crippen LogP contribution in [-0.2, 0) is 4.74 Å². The smallest absolute Gasteiger partial charge is 0.124 e. The Morgan fingerprint density at radius 1 is 1.47 bits per heavy atom. The minimum absolute atomic E-state index is 0.191. The molecule has 1 N–H and O–H groups in total. The summed E-state index contributed by atoms with van der Waals surface area (Å²) in [5.74, 6) is 0.530. The van der Waals surface area contributed by atoms with Crippen molar-refractivity contribution in [2.75, 3.05) is 19.5 Å². The van der Waals surface area contributed by atoms with Crippen molar-refractivity contribution in [3.63, 3.8) is 0 Å². The van der Waals surface area contributed by atoms with E-state index in [9.17, 15) is 9.50 Å². The normalized spacial score (nSPS) is 14.6. The Kier molecular flexibility index (Phi) is 6.55. The van der Waals surface area contributed by atoms with Gasteiger partial charge in [0.2, 0.25) is 0 Å². The number of hydrogen-bond acceptors (Lipinski definition) is 3. The van der Waals surface area contributed by atoms with Crippen molar-refractivity contribution >= 4 is 11.8 Å². The van der Waals surface area contributed by atoms with Crippen molar-refractivity contribution in [1.29, 1.82) is 0 Å². The number of halogens is 1. The molecule has 17 heavy (non-hydrogen) atoms. The van der Waals surface area contributed by atoms with E-state index in [-0.39, 0.29) is 11.7 Å². The number of thioether (sulfide) groups is 1. The van der Waals surface area contributed by atoms with Gasteiger partial charge in [-0.05, 0) is 30.5 Å². The van der Waals surface area contributed by atoms with Crippen LogP contribution < -0.4 is 0 Å². The summed E-state index contributed by atoms with van der Waals surface area (Å²) in [6.45, 7) is 2.65. The maximum absolute atomic E-state index is 12.9. The molecular formula is C13H19FO2S. The molecule has 0 bridgehead atoms. The van der Waals surface area contributed by atoms with Crippen LogP contribution in [-0.4, -0.2) is 30.7 Å². The molecule has 96 valence electrons. The Morgan fingerprint density at radius 3 is 2.88 bits per heavy atom. The second-order valence-corrected chi connectivity index (χ2v) is 5.19. The molecule has 0 aliphatic carbocycles. The highest BCUT2D eigenvalue weighted by atomic mass is 32.2. The second-order valence-electron chi connectivity index (χ2n) is 4.09. The summed E-state index contributed by atoms with van der Waals surface area (Å²) in [5.41, 5.74) is 0. The standard InChI is InChI=1S/C13H19FO2S/c1-10(6-7-16-2)13(15)9-17-12-5-3-4-11(14)8-12/h3-5,8,10,13,15H,6-7,9H2,1-2H3. The van der Waals surface area contributed by atoms with Crippen LogP contribution in [0.15, 0.2) is 29.2 Å². The van der Waals surface area contributed by atoms with Crippen LogP contribution >= 0.6 is 11.8 Å². The first-order chi connectivity index (χ1) is 8.13. The third-order valence-electron chi connectivity index (χ3n) is 2.65. The molecule has 2 unspecified atom stereocenters. The zero-order valence-corrected chi connectivity index (χ0v) is 11.0. The van der Waals surface area contributed by atoms with Gasteiger partial charge in [0.05, 0.1) is 6.10 Å². The van der Waals surface area contributed by atoms with E-state index >= 15 is 0 Å². The molecule has 0 saturated carbocycles. The molecule has 0 saturated heterocycles. The SMILES string of the molecule is COCCC(C)C(O)CSc1cccc(F)c1. The Labute approximate surface area is 106 Å². The molecule has 2 atom stereocenters. The minimum atomic E-state index is -0.390. The highest BCUT2D eigenvalue weighted by Gasteiger charge is 2.14. The molecular weight excluding hydrogens is 239 g/mol. The van der Waals surface area contributed by atoms with Gasteiger partial charge in [0, 0.05) is 24.4 Å². The van der Waals surface area contributed by atoms with Gasteiger partial charge in [-0.25, -0.2) is 4.39 Å². The van der Waals surface area contributed by atoms with Crippen molar-refractivity contribution in [2.45, 2.75) is 24.3 Å². The molecule has 2 nitrogen and oxygen atoms in total. The highest BCUT2D eigenvalue weighted by Crippen LogP contribution is 2.22. The first kappa shape index (κ1) is 14.5. The summed E-state index contributed by atoms with van der Waals surface area (Å²) in [7, 11) is 1.65. The van der Waals surface area contributed by atoms with Gasteiger partial charge in [-0.2, -0.15) is 0 Å². The lowest BCUT2D eigenvalue weighted by Gasteiger charge is -2.17.